The Morgan fingerprint density at radius 1 is 1.24 bits per heavy atom. The van der Waals surface area contributed by atoms with Crippen LogP contribution in [-0.4, -0.2) is 23.9 Å². The maximum absolute atomic E-state index is 12.1. The maximum Gasteiger partial charge on any atom is 0.263 e. The van der Waals surface area contributed by atoms with Gasteiger partial charge in [0.25, 0.3) is 5.91 Å². The molecule has 0 saturated heterocycles. The molecule has 6 heteroatoms. The van der Waals surface area contributed by atoms with Gasteiger partial charge in [0.05, 0.1) is 11.6 Å². The van der Waals surface area contributed by atoms with Gasteiger partial charge in [0.1, 0.15) is 4.88 Å². The van der Waals surface area contributed by atoms with E-state index in [4.69, 9.17) is 11.6 Å². The average molecular weight is 325 g/mol. The molecule has 0 spiro atoms. The Hall–Kier alpha value is -1.59. The van der Waals surface area contributed by atoms with Crippen molar-refractivity contribution < 1.29 is 9.59 Å². The lowest BCUT2D eigenvalue weighted by Gasteiger charge is -2.20. The van der Waals surface area contributed by atoms with E-state index in [0.717, 1.165) is 10.1 Å². The van der Waals surface area contributed by atoms with Crippen molar-refractivity contribution in [2.75, 3.05) is 6.54 Å². The van der Waals surface area contributed by atoms with Crippen molar-refractivity contribution in [3.63, 3.8) is 0 Å². The van der Waals surface area contributed by atoms with E-state index < -0.39 is 0 Å². The van der Waals surface area contributed by atoms with Crippen LogP contribution in [0.4, 0.5) is 0 Å². The highest BCUT2D eigenvalue weighted by Gasteiger charge is 2.18. The van der Waals surface area contributed by atoms with Crippen LogP contribution in [0.3, 0.4) is 0 Å². The van der Waals surface area contributed by atoms with Crippen molar-refractivity contribution >= 4 is 44.8 Å². The Morgan fingerprint density at radius 3 is 2.52 bits per heavy atom. The molecule has 112 valence electrons. The smallest absolute Gasteiger partial charge is 0.263 e. The maximum atomic E-state index is 12.1. The molecule has 0 unspecified atom stereocenters. The molecule has 2 rings (SSSR count). The molecule has 0 saturated carbocycles. The lowest BCUT2D eigenvalue weighted by Crippen LogP contribution is -2.45. The van der Waals surface area contributed by atoms with Crippen LogP contribution in [-0.2, 0) is 4.79 Å². The Kier molecular flexibility index (Phi) is 4.54. The number of carbonyl (C=O) groups is 2. The molecule has 2 N–H and O–H groups in total. The van der Waals surface area contributed by atoms with Crippen molar-refractivity contribution in [1.82, 2.24) is 10.6 Å². The van der Waals surface area contributed by atoms with Crippen molar-refractivity contribution in [1.29, 1.82) is 0 Å². The van der Waals surface area contributed by atoms with Crippen LogP contribution >= 0.6 is 22.9 Å². The van der Waals surface area contributed by atoms with E-state index in [0.29, 0.717) is 9.90 Å². The molecular weight excluding hydrogens is 308 g/mol. The molecule has 0 aliphatic rings. The van der Waals surface area contributed by atoms with E-state index in [2.05, 4.69) is 10.6 Å². The van der Waals surface area contributed by atoms with Gasteiger partial charge in [-0.25, -0.2) is 0 Å². The Balaban J connectivity index is 2.06. The normalized spacial score (nSPS) is 11.4. The topological polar surface area (TPSA) is 58.2 Å². The first-order chi connectivity index (χ1) is 9.78. The first-order valence-electron chi connectivity index (χ1n) is 6.54. The Morgan fingerprint density at radius 2 is 1.90 bits per heavy atom. The molecule has 4 nitrogen and oxygen atoms in total. The zero-order chi connectivity index (χ0) is 15.6. The van der Waals surface area contributed by atoms with E-state index in [9.17, 15) is 9.59 Å². The van der Waals surface area contributed by atoms with E-state index in [1.165, 1.54) is 11.3 Å². The molecule has 21 heavy (non-hydrogen) atoms. The number of hydrogen-bond acceptors (Lipinski definition) is 3. The first kappa shape index (κ1) is 15.8. The fraction of sp³-hybridized carbons (Fsp3) is 0.333. The largest absolute Gasteiger partial charge is 0.350 e. The Labute approximate surface area is 132 Å². The molecule has 0 aliphatic carbocycles. The zero-order valence-corrected chi connectivity index (χ0v) is 13.7. The third kappa shape index (κ3) is 3.95. The minimum atomic E-state index is -0.328. The number of amides is 2. The van der Waals surface area contributed by atoms with E-state index in [1.807, 2.05) is 45.0 Å². The highest BCUT2D eigenvalue weighted by Crippen LogP contribution is 2.34. The fourth-order valence-electron chi connectivity index (χ4n) is 1.86. The number of hydrogen-bond donors (Lipinski definition) is 2. The molecule has 1 aromatic carbocycles. The highest BCUT2D eigenvalue weighted by molar-refractivity contribution is 7.21. The van der Waals surface area contributed by atoms with Crippen LogP contribution in [0.25, 0.3) is 10.1 Å². The zero-order valence-electron chi connectivity index (χ0n) is 12.1. The van der Waals surface area contributed by atoms with Gasteiger partial charge in [-0.15, -0.1) is 11.3 Å². The minimum Gasteiger partial charge on any atom is -0.350 e. The molecule has 0 aliphatic heterocycles. The number of carbonyl (C=O) groups excluding carboxylic acids is 2. The van der Waals surface area contributed by atoms with Crippen molar-refractivity contribution in [3.05, 3.63) is 34.2 Å². The van der Waals surface area contributed by atoms with Gasteiger partial charge in [-0.05, 0) is 26.8 Å². The molecule has 2 amide bonds. The molecule has 0 fully saturated rings. The third-order valence-corrected chi connectivity index (χ3v) is 4.34. The summed E-state index contributed by atoms with van der Waals surface area (Å²) in [4.78, 5) is 24.3. The molecule has 2 aromatic rings. The summed E-state index contributed by atoms with van der Waals surface area (Å²) in [6, 6.07) is 7.55. The van der Waals surface area contributed by atoms with Gasteiger partial charge in [0, 0.05) is 15.6 Å². The second-order valence-electron chi connectivity index (χ2n) is 5.72. The molecule has 0 bridgehead atoms. The van der Waals surface area contributed by atoms with Crippen LogP contribution in [0.1, 0.15) is 30.4 Å². The van der Waals surface area contributed by atoms with E-state index in [1.54, 1.807) is 0 Å². The predicted molar refractivity (Wildman–Crippen MR) is 87.1 cm³/mol. The van der Waals surface area contributed by atoms with Gasteiger partial charge < -0.3 is 10.6 Å². The van der Waals surface area contributed by atoms with Crippen molar-refractivity contribution in [2.24, 2.45) is 0 Å². The number of thiophene rings is 1. The molecular formula is C15H17ClN2O2S. The van der Waals surface area contributed by atoms with Gasteiger partial charge >= 0.3 is 0 Å². The lowest BCUT2D eigenvalue weighted by atomic mass is 10.1. The van der Waals surface area contributed by atoms with Crippen molar-refractivity contribution in [2.45, 2.75) is 26.3 Å². The lowest BCUT2D eigenvalue weighted by molar-refractivity contribution is -0.121. The van der Waals surface area contributed by atoms with Gasteiger partial charge in [0.2, 0.25) is 5.91 Å². The SMILES string of the molecule is CC(C)(C)NC(=O)CNC(=O)c1sc2ccccc2c1Cl. The molecule has 0 atom stereocenters. The minimum absolute atomic E-state index is 0.0688. The quantitative estimate of drug-likeness (QED) is 0.911. The molecule has 1 heterocycles. The van der Waals surface area contributed by atoms with Crippen LogP contribution < -0.4 is 10.6 Å². The predicted octanol–water partition coefficient (Wildman–Crippen LogP) is 3.20. The second-order valence-corrected chi connectivity index (χ2v) is 7.15. The second kappa shape index (κ2) is 6.03. The number of benzene rings is 1. The number of halogens is 1. The summed E-state index contributed by atoms with van der Waals surface area (Å²) >= 11 is 7.54. The van der Waals surface area contributed by atoms with Gasteiger partial charge in [-0.1, -0.05) is 29.8 Å². The van der Waals surface area contributed by atoms with Crippen LogP contribution in [0.15, 0.2) is 24.3 Å². The summed E-state index contributed by atoms with van der Waals surface area (Å²) in [6.07, 6.45) is 0. The molecule has 1 aromatic heterocycles. The van der Waals surface area contributed by atoms with Gasteiger partial charge in [-0.3, -0.25) is 9.59 Å². The summed E-state index contributed by atoms with van der Waals surface area (Å²) < 4.78 is 0.951. The summed E-state index contributed by atoms with van der Waals surface area (Å²) in [5, 5.41) is 6.67. The summed E-state index contributed by atoms with van der Waals surface area (Å²) in [6.45, 7) is 5.58. The number of fused-ring (bicyclic) bond motifs is 1. The highest BCUT2D eigenvalue weighted by atomic mass is 35.5. The number of rotatable bonds is 3. The van der Waals surface area contributed by atoms with E-state index in [-0.39, 0.29) is 23.9 Å². The standard InChI is InChI=1S/C15H17ClN2O2S/c1-15(2,3)18-11(19)8-17-14(20)13-12(16)9-6-4-5-7-10(9)21-13/h4-7H,8H2,1-3H3,(H,17,20)(H,18,19). The van der Waals surface area contributed by atoms with Crippen LogP contribution in [0.2, 0.25) is 5.02 Å². The fourth-order valence-corrected chi connectivity index (χ4v) is 3.30. The average Bonchev–Trinajstić information content (AvgIpc) is 2.72. The third-order valence-electron chi connectivity index (χ3n) is 2.67. The first-order valence-corrected chi connectivity index (χ1v) is 7.73. The number of nitrogens with one attached hydrogen (secondary N) is 2. The van der Waals surface area contributed by atoms with Gasteiger partial charge in [-0.2, -0.15) is 0 Å². The van der Waals surface area contributed by atoms with Crippen LogP contribution in [0.5, 0.6) is 0 Å². The van der Waals surface area contributed by atoms with Crippen LogP contribution in [0, 0.1) is 0 Å². The summed E-state index contributed by atoms with van der Waals surface area (Å²) in [5.74, 6) is -0.557. The summed E-state index contributed by atoms with van der Waals surface area (Å²) in [7, 11) is 0. The summed E-state index contributed by atoms with van der Waals surface area (Å²) in [5.41, 5.74) is -0.322. The Bertz CT molecular complexity index is 689. The van der Waals surface area contributed by atoms with E-state index >= 15 is 0 Å². The van der Waals surface area contributed by atoms with Gasteiger partial charge in [0.15, 0.2) is 0 Å². The molecule has 0 radical (unpaired) electrons. The van der Waals surface area contributed by atoms with Crippen molar-refractivity contribution in [3.8, 4) is 0 Å². The monoisotopic (exact) mass is 324 g/mol.